The lowest BCUT2D eigenvalue weighted by molar-refractivity contribution is -0.141. The molecule has 2 fully saturated rings. The van der Waals surface area contributed by atoms with E-state index in [1.54, 1.807) is 0 Å². The van der Waals surface area contributed by atoms with Gasteiger partial charge in [-0.1, -0.05) is 38.8 Å². The second-order valence-corrected chi connectivity index (χ2v) is 5.67. The van der Waals surface area contributed by atoms with Gasteiger partial charge in [0.1, 0.15) is 0 Å². The maximum Gasteiger partial charge on any atom is 0.206 e. The zero-order valence-corrected chi connectivity index (χ0v) is 11.2. The summed E-state index contributed by atoms with van der Waals surface area (Å²) >= 11 is 6.87. The van der Waals surface area contributed by atoms with Gasteiger partial charge < -0.3 is 0 Å². The number of Topliss-reactive ketones (excluding diaryl/α,β-unsaturated/α-hetero) is 2. The van der Waals surface area contributed by atoms with Crippen molar-refractivity contribution in [2.75, 3.05) is 10.7 Å². The molecule has 0 aromatic heterocycles. The summed E-state index contributed by atoms with van der Waals surface area (Å²) in [5.41, 5.74) is -0.608. The second-order valence-electron chi connectivity index (χ2n) is 4.55. The highest BCUT2D eigenvalue weighted by atomic mass is 79.9. The van der Waals surface area contributed by atoms with Crippen molar-refractivity contribution in [3.05, 3.63) is 0 Å². The van der Waals surface area contributed by atoms with Gasteiger partial charge in [-0.15, -0.1) is 0 Å². The molecule has 0 aromatic rings. The van der Waals surface area contributed by atoms with E-state index in [9.17, 15) is 9.59 Å². The van der Waals surface area contributed by atoms with Gasteiger partial charge in [-0.2, -0.15) is 0 Å². The molecule has 0 radical (unpaired) electrons. The third kappa shape index (κ3) is 0.921. The summed E-state index contributed by atoms with van der Waals surface area (Å²) in [5, 5.41) is 1.34. The Hall–Kier alpha value is 0.300. The number of alkyl halides is 2. The molecule has 2 nitrogen and oxygen atoms in total. The molecule has 0 amide bonds. The molecular weight excluding hydrogens is 312 g/mol. The van der Waals surface area contributed by atoms with Gasteiger partial charge in [0.2, 0.25) is 11.6 Å². The van der Waals surface area contributed by atoms with Crippen LogP contribution in [-0.2, 0) is 9.59 Å². The highest BCUT2D eigenvalue weighted by molar-refractivity contribution is 9.09. The number of fused-ring (bicyclic) bond motifs is 2. The lowest BCUT2D eigenvalue weighted by atomic mass is 9.70. The summed E-state index contributed by atoms with van der Waals surface area (Å²) in [5.74, 6) is -0.336. The van der Waals surface area contributed by atoms with E-state index in [2.05, 4.69) is 38.8 Å². The second kappa shape index (κ2) is 3.14. The molecule has 0 spiro atoms. The molecule has 0 saturated heterocycles. The third-order valence-corrected chi connectivity index (χ3v) is 6.32. The van der Waals surface area contributed by atoms with Crippen LogP contribution in [0.15, 0.2) is 0 Å². The largest absolute Gasteiger partial charge is 0.291 e. The number of hydrogen-bond acceptors (Lipinski definition) is 2. The molecule has 2 rings (SSSR count). The fourth-order valence-electron chi connectivity index (χ4n) is 3.02. The smallest absolute Gasteiger partial charge is 0.206 e. The number of ketones is 2. The average Bonchev–Trinajstić information content (AvgIpc) is 2.57. The van der Waals surface area contributed by atoms with Crippen LogP contribution in [0.3, 0.4) is 0 Å². The van der Waals surface area contributed by atoms with Crippen molar-refractivity contribution in [2.24, 2.45) is 16.7 Å². The van der Waals surface area contributed by atoms with E-state index in [4.69, 9.17) is 0 Å². The van der Waals surface area contributed by atoms with E-state index in [0.717, 1.165) is 18.2 Å². The first kappa shape index (κ1) is 10.8. The maximum absolute atomic E-state index is 11.9. The summed E-state index contributed by atoms with van der Waals surface area (Å²) in [6, 6.07) is 0. The molecule has 0 aliphatic heterocycles. The minimum absolute atomic E-state index is 0.0491. The summed E-state index contributed by atoms with van der Waals surface area (Å²) in [4.78, 5) is 23.6. The molecule has 2 aliphatic rings. The summed E-state index contributed by atoms with van der Waals surface area (Å²) < 4.78 is 0. The Morgan fingerprint density at radius 2 is 2.00 bits per heavy atom. The molecule has 0 aromatic carbocycles. The number of rotatable bonds is 2. The molecule has 4 heteroatoms. The van der Waals surface area contributed by atoms with E-state index in [1.165, 1.54) is 0 Å². The SMILES string of the molecule is C[C@]1(CBr)[C@H]2CC[C@@]1(CBr)C(=O)C2=O. The molecule has 3 atom stereocenters. The molecule has 2 aliphatic carbocycles. The van der Waals surface area contributed by atoms with Gasteiger partial charge in [0.25, 0.3) is 0 Å². The summed E-state index contributed by atoms with van der Waals surface area (Å²) in [6.07, 6.45) is 1.73. The average molecular weight is 324 g/mol. The quantitative estimate of drug-likeness (QED) is 0.577. The van der Waals surface area contributed by atoms with Gasteiger partial charge in [0, 0.05) is 22.0 Å². The van der Waals surface area contributed by atoms with Crippen molar-refractivity contribution in [1.82, 2.24) is 0 Å². The Morgan fingerprint density at radius 1 is 1.36 bits per heavy atom. The van der Waals surface area contributed by atoms with Crippen LogP contribution in [0.25, 0.3) is 0 Å². The van der Waals surface area contributed by atoms with E-state index in [0.29, 0.717) is 5.33 Å². The van der Waals surface area contributed by atoms with Crippen molar-refractivity contribution >= 4 is 43.4 Å². The fraction of sp³-hybridized carbons (Fsp3) is 0.800. The Morgan fingerprint density at radius 3 is 2.43 bits per heavy atom. The standard InChI is InChI=1S/C10H12Br2O2/c1-9(4-11)6-2-3-10(9,5-12)8(14)7(6)13/h6H,2-5H2,1H3/t6-,9-,10+/m0/s1. The molecule has 0 heterocycles. The van der Waals surface area contributed by atoms with Crippen molar-refractivity contribution < 1.29 is 9.59 Å². The normalized spacial score (nSPS) is 46.4. The molecule has 0 unspecified atom stereocenters. The van der Waals surface area contributed by atoms with Crippen molar-refractivity contribution in [2.45, 2.75) is 19.8 Å². The lowest BCUT2D eigenvalue weighted by Gasteiger charge is -2.35. The first-order valence-corrected chi connectivity index (χ1v) is 6.98. The van der Waals surface area contributed by atoms with Crippen molar-refractivity contribution in [3.63, 3.8) is 0 Å². The number of carbonyl (C=O) groups excluding carboxylic acids is 2. The minimum atomic E-state index is -0.432. The number of halogens is 2. The van der Waals surface area contributed by atoms with Crippen LogP contribution in [0.5, 0.6) is 0 Å². The van der Waals surface area contributed by atoms with E-state index < -0.39 is 5.41 Å². The van der Waals surface area contributed by atoms with Crippen LogP contribution >= 0.6 is 31.9 Å². The van der Waals surface area contributed by atoms with Crippen LogP contribution < -0.4 is 0 Å². The Balaban J connectivity index is 2.55. The van der Waals surface area contributed by atoms with Gasteiger partial charge in [0.15, 0.2) is 0 Å². The zero-order valence-electron chi connectivity index (χ0n) is 7.98. The molecule has 0 N–H and O–H groups in total. The lowest BCUT2D eigenvalue weighted by Crippen LogP contribution is -2.41. The van der Waals surface area contributed by atoms with Crippen LogP contribution in [0.4, 0.5) is 0 Å². The first-order chi connectivity index (χ1) is 6.53. The summed E-state index contributed by atoms with van der Waals surface area (Å²) in [7, 11) is 0. The van der Waals surface area contributed by atoms with Crippen molar-refractivity contribution in [3.8, 4) is 0 Å². The highest BCUT2D eigenvalue weighted by Crippen LogP contribution is 2.63. The van der Waals surface area contributed by atoms with Gasteiger partial charge in [0.05, 0.1) is 5.41 Å². The third-order valence-electron chi connectivity index (χ3n) is 4.20. The number of carbonyl (C=O) groups is 2. The van der Waals surface area contributed by atoms with Crippen LogP contribution in [-0.4, -0.2) is 22.2 Å². The predicted octanol–water partition coefficient (Wildman–Crippen LogP) is 2.33. The van der Waals surface area contributed by atoms with Crippen LogP contribution in [0.2, 0.25) is 0 Å². The monoisotopic (exact) mass is 322 g/mol. The molecule has 14 heavy (non-hydrogen) atoms. The van der Waals surface area contributed by atoms with E-state index >= 15 is 0 Å². The zero-order chi connectivity index (χ0) is 10.6. The van der Waals surface area contributed by atoms with Gasteiger partial charge in [-0.05, 0) is 12.8 Å². The first-order valence-electron chi connectivity index (χ1n) is 4.74. The Labute approximate surface area is 100 Å². The Kier molecular flexibility index (Phi) is 2.43. The maximum atomic E-state index is 11.9. The molecule has 78 valence electrons. The van der Waals surface area contributed by atoms with Crippen LogP contribution in [0, 0.1) is 16.7 Å². The molecule has 2 bridgehead atoms. The minimum Gasteiger partial charge on any atom is -0.291 e. The van der Waals surface area contributed by atoms with Gasteiger partial charge in [-0.3, -0.25) is 9.59 Å². The van der Waals surface area contributed by atoms with Crippen molar-refractivity contribution in [1.29, 1.82) is 0 Å². The van der Waals surface area contributed by atoms with E-state index in [-0.39, 0.29) is 22.9 Å². The van der Waals surface area contributed by atoms with E-state index in [1.807, 2.05) is 0 Å². The molecule has 2 saturated carbocycles. The van der Waals surface area contributed by atoms with Crippen LogP contribution in [0.1, 0.15) is 19.8 Å². The predicted molar refractivity (Wildman–Crippen MR) is 60.9 cm³/mol. The molecular formula is C10H12Br2O2. The number of hydrogen-bond donors (Lipinski definition) is 0. The van der Waals surface area contributed by atoms with Gasteiger partial charge >= 0.3 is 0 Å². The topological polar surface area (TPSA) is 34.1 Å². The fourth-order valence-corrected chi connectivity index (χ4v) is 5.12. The Bertz CT molecular complexity index is 315. The highest BCUT2D eigenvalue weighted by Gasteiger charge is 2.69. The summed E-state index contributed by atoms with van der Waals surface area (Å²) in [6.45, 7) is 2.06. The van der Waals surface area contributed by atoms with Gasteiger partial charge in [-0.25, -0.2) is 0 Å².